The van der Waals surface area contributed by atoms with E-state index in [9.17, 15) is 13.2 Å². The van der Waals surface area contributed by atoms with Gasteiger partial charge in [0.2, 0.25) is 10.0 Å². The quantitative estimate of drug-likeness (QED) is 0.797. The molecule has 1 unspecified atom stereocenters. The number of rotatable bonds is 4. The molecule has 0 radical (unpaired) electrons. The van der Waals surface area contributed by atoms with Crippen molar-refractivity contribution >= 4 is 28.3 Å². The Labute approximate surface area is 174 Å². The first-order valence-electron chi connectivity index (χ1n) is 9.94. The molecule has 8 heteroatoms. The second-order valence-corrected chi connectivity index (χ2v) is 10.0. The van der Waals surface area contributed by atoms with Crippen molar-refractivity contribution in [3.63, 3.8) is 0 Å². The third-order valence-electron chi connectivity index (χ3n) is 6.05. The van der Waals surface area contributed by atoms with E-state index < -0.39 is 10.0 Å². The molecule has 2 aliphatic heterocycles. The van der Waals surface area contributed by atoms with Crippen LogP contribution in [0.4, 0.5) is 0 Å². The molecule has 1 aromatic carbocycles. The number of halogens is 1. The van der Waals surface area contributed by atoms with Gasteiger partial charge in [0, 0.05) is 37.8 Å². The molecule has 0 spiro atoms. The molecule has 1 atom stereocenters. The fourth-order valence-electron chi connectivity index (χ4n) is 3.95. The molecule has 2 heterocycles. The van der Waals surface area contributed by atoms with E-state index in [0.717, 1.165) is 25.7 Å². The summed E-state index contributed by atoms with van der Waals surface area (Å²) in [4.78, 5) is 14.8. The molecule has 2 fully saturated rings. The number of sulfonamides is 1. The van der Waals surface area contributed by atoms with Gasteiger partial charge in [-0.2, -0.15) is 4.31 Å². The van der Waals surface area contributed by atoms with Crippen molar-refractivity contribution in [2.24, 2.45) is 17.6 Å². The van der Waals surface area contributed by atoms with E-state index in [2.05, 4.69) is 6.92 Å². The van der Waals surface area contributed by atoms with Crippen molar-refractivity contribution in [1.29, 1.82) is 0 Å². The standard InChI is InChI=1S/C20H31N3O3S.ClH/c1-15-7-13-23(14-8-15)27(25,26)19-5-3-18(4-6-19)20(24)22-11-9-17(10-12-22)16(2)21;/h3-6,15-17H,7-14,21H2,1-2H3;1H. The molecule has 28 heavy (non-hydrogen) atoms. The van der Waals surface area contributed by atoms with E-state index in [1.54, 1.807) is 28.6 Å². The van der Waals surface area contributed by atoms with Crippen LogP contribution in [0.5, 0.6) is 0 Å². The maximum atomic E-state index is 12.8. The maximum absolute atomic E-state index is 12.8. The Bertz CT molecular complexity index is 751. The lowest BCUT2D eigenvalue weighted by molar-refractivity contribution is 0.0681. The van der Waals surface area contributed by atoms with E-state index in [1.807, 2.05) is 11.8 Å². The molecule has 3 rings (SSSR count). The van der Waals surface area contributed by atoms with Crippen LogP contribution >= 0.6 is 12.4 Å². The van der Waals surface area contributed by atoms with Gasteiger partial charge in [0.15, 0.2) is 0 Å². The first kappa shape index (κ1) is 23.1. The Morgan fingerprint density at radius 2 is 1.57 bits per heavy atom. The number of nitrogens with two attached hydrogens (primary N) is 1. The summed E-state index contributed by atoms with van der Waals surface area (Å²) in [5, 5.41) is 0. The topological polar surface area (TPSA) is 83.7 Å². The SMILES string of the molecule is CC1CCN(S(=O)(=O)c2ccc(C(=O)N3CCC(C(C)N)CC3)cc2)CC1.Cl. The third kappa shape index (κ3) is 5.06. The second kappa shape index (κ2) is 9.57. The molecule has 1 amide bonds. The van der Waals surface area contributed by atoms with E-state index in [1.165, 1.54) is 0 Å². The molecular formula is C20H32ClN3O3S. The molecule has 0 bridgehead atoms. The Kier molecular flexibility index (Phi) is 7.90. The highest BCUT2D eigenvalue weighted by atomic mass is 35.5. The van der Waals surface area contributed by atoms with Crippen molar-refractivity contribution < 1.29 is 13.2 Å². The van der Waals surface area contributed by atoms with E-state index in [0.29, 0.717) is 43.6 Å². The average Bonchev–Trinajstić information content (AvgIpc) is 2.68. The third-order valence-corrected chi connectivity index (χ3v) is 7.96. The van der Waals surface area contributed by atoms with Crippen LogP contribution in [0, 0.1) is 11.8 Å². The number of benzene rings is 1. The van der Waals surface area contributed by atoms with Crippen LogP contribution in [0.1, 0.15) is 49.9 Å². The van der Waals surface area contributed by atoms with Crippen LogP contribution in [-0.2, 0) is 10.0 Å². The fourth-order valence-corrected chi connectivity index (χ4v) is 5.42. The summed E-state index contributed by atoms with van der Waals surface area (Å²) >= 11 is 0. The molecule has 6 nitrogen and oxygen atoms in total. The number of hydrogen-bond donors (Lipinski definition) is 1. The molecular weight excluding hydrogens is 398 g/mol. The van der Waals surface area contributed by atoms with Crippen molar-refractivity contribution in [1.82, 2.24) is 9.21 Å². The van der Waals surface area contributed by atoms with E-state index in [-0.39, 0.29) is 29.3 Å². The highest BCUT2D eigenvalue weighted by Crippen LogP contribution is 2.25. The summed E-state index contributed by atoms with van der Waals surface area (Å²) in [6.45, 7) is 6.72. The van der Waals surface area contributed by atoms with Gasteiger partial charge < -0.3 is 10.6 Å². The summed E-state index contributed by atoms with van der Waals surface area (Å²) < 4.78 is 27.1. The Morgan fingerprint density at radius 3 is 2.07 bits per heavy atom. The Morgan fingerprint density at radius 1 is 1.04 bits per heavy atom. The van der Waals surface area contributed by atoms with Gasteiger partial charge in [-0.05, 0) is 68.7 Å². The van der Waals surface area contributed by atoms with Crippen molar-refractivity contribution in [3.05, 3.63) is 29.8 Å². The van der Waals surface area contributed by atoms with Crippen LogP contribution in [0.3, 0.4) is 0 Å². The minimum Gasteiger partial charge on any atom is -0.339 e. The number of amides is 1. The monoisotopic (exact) mass is 429 g/mol. The summed E-state index contributed by atoms with van der Waals surface area (Å²) in [5.41, 5.74) is 6.50. The smallest absolute Gasteiger partial charge is 0.253 e. The number of carbonyl (C=O) groups excluding carboxylic acids is 1. The predicted molar refractivity (Wildman–Crippen MR) is 113 cm³/mol. The minimum absolute atomic E-state index is 0. The fraction of sp³-hybridized carbons (Fsp3) is 0.650. The highest BCUT2D eigenvalue weighted by Gasteiger charge is 2.29. The number of carbonyl (C=O) groups is 1. The van der Waals surface area contributed by atoms with E-state index >= 15 is 0 Å². The first-order valence-corrected chi connectivity index (χ1v) is 11.4. The minimum atomic E-state index is -3.48. The normalized spacial score (nSPS) is 21.2. The van der Waals surface area contributed by atoms with Gasteiger partial charge in [-0.3, -0.25) is 4.79 Å². The zero-order valence-corrected chi connectivity index (χ0v) is 18.3. The zero-order valence-electron chi connectivity index (χ0n) is 16.7. The predicted octanol–water partition coefficient (Wildman–Crippen LogP) is 2.73. The molecule has 0 saturated carbocycles. The summed E-state index contributed by atoms with van der Waals surface area (Å²) in [6, 6.07) is 6.56. The molecule has 1 aromatic rings. The summed E-state index contributed by atoms with van der Waals surface area (Å²) in [7, 11) is -3.48. The molecule has 2 saturated heterocycles. The van der Waals surface area contributed by atoms with Crippen LogP contribution in [0.2, 0.25) is 0 Å². The summed E-state index contributed by atoms with van der Waals surface area (Å²) in [5.74, 6) is 1.01. The van der Waals surface area contributed by atoms with Gasteiger partial charge in [0.1, 0.15) is 0 Å². The van der Waals surface area contributed by atoms with Crippen molar-refractivity contribution in [3.8, 4) is 0 Å². The van der Waals surface area contributed by atoms with E-state index in [4.69, 9.17) is 5.73 Å². The lowest BCUT2D eigenvalue weighted by Crippen LogP contribution is -2.42. The van der Waals surface area contributed by atoms with Crippen LogP contribution < -0.4 is 5.73 Å². The largest absolute Gasteiger partial charge is 0.339 e. The van der Waals surface area contributed by atoms with Crippen molar-refractivity contribution in [2.45, 2.75) is 50.5 Å². The van der Waals surface area contributed by atoms with Crippen LogP contribution in [0.25, 0.3) is 0 Å². The lowest BCUT2D eigenvalue weighted by Gasteiger charge is -2.33. The zero-order chi connectivity index (χ0) is 19.6. The van der Waals surface area contributed by atoms with Gasteiger partial charge in [-0.25, -0.2) is 8.42 Å². The van der Waals surface area contributed by atoms with Gasteiger partial charge >= 0.3 is 0 Å². The molecule has 2 aliphatic rings. The number of likely N-dealkylation sites (tertiary alicyclic amines) is 1. The number of nitrogens with zero attached hydrogens (tertiary/aromatic N) is 2. The maximum Gasteiger partial charge on any atom is 0.253 e. The lowest BCUT2D eigenvalue weighted by atomic mass is 9.90. The second-order valence-electron chi connectivity index (χ2n) is 8.10. The Hall–Kier alpha value is -1.15. The number of hydrogen-bond acceptors (Lipinski definition) is 4. The molecule has 158 valence electrons. The molecule has 2 N–H and O–H groups in total. The molecule has 0 aromatic heterocycles. The van der Waals surface area contributed by atoms with Gasteiger partial charge in [0.05, 0.1) is 4.90 Å². The van der Waals surface area contributed by atoms with Gasteiger partial charge in [-0.1, -0.05) is 6.92 Å². The first-order chi connectivity index (χ1) is 12.8. The van der Waals surface area contributed by atoms with Crippen LogP contribution in [-0.4, -0.2) is 55.8 Å². The van der Waals surface area contributed by atoms with Gasteiger partial charge in [-0.15, -0.1) is 12.4 Å². The highest BCUT2D eigenvalue weighted by molar-refractivity contribution is 7.89. The molecule has 0 aliphatic carbocycles. The summed E-state index contributed by atoms with van der Waals surface area (Å²) in [6.07, 6.45) is 3.63. The van der Waals surface area contributed by atoms with Crippen LogP contribution in [0.15, 0.2) is 29.2 Å². The van der Waals surface area contributed by atoms with Gasteiger partial charge in [0.25, 0.3) is 5.91 Å². The Balaban J connectivity index is 0.00000280. The number of piperidine rings is 2. The average molecular weight is 430 g/mol. The van der Waals surface area contributed by atoms with Crippen molar-refractivity contribution in [2.75, 3.05) is 26.2 Å².